The summed E-state index contributed by atoms with van der Waals surface area (Å²) in [6.45, 7) is 5.57. The van der Waals surface area contributed by atoms with Crippen molar-refractivity contribution < 1.29 is 4.52 Å². The Balaban J connectivity index is 1.25. The lowest BCUT2D eigenvalue weighted by molar-refractivity contribution is 0.400. The molecule has 0 aliphatic carbocycles. The van der Waals surface area contributed by atoms with Crippen molar-refractivity contribution in [2.24, 2.45) is 0 Å². The Morgan fingerprint density at radius 1 is 0.838 bits per heavy atom. The van der Waals surface area contributed by atoms with E-state index in [4.69, 9.17) is 4.52 Å². The molecular weight excluding hydrogens is 464 g/mol. The van der Waals surface area contributed by atoms with Gasteiger partial charge in [0.05, 0.1) is 11.8 Å². The Kier molecular flexibility index (Phi) is 5.05. The number of benzene rings is 2. The van der Waals surface area contributed by atoms with Crippen LogP contribution in [0.5, 0.6) is 0 Å². The minimum atomic E-state index is 0.615. The third-order valence-corrected chi connectivity index (χ3v) is 6.98. The molecule has 6 aromatic rings. The summed E-state index contributed by atoms with van der Waals surface area (Å²) in [5, 5.41) is 20.1. The van der Waals surface area contributed by atoms with Crippen LogP contribution < -0.4 is 9.80 Å². The first-order valence-electron chi connectivity index (χ1n) is 12.3. The zero-order chi connectivity index (χ0) is 24.8. The van der Waals surface area contributed by atoms with Crippen molar-refractivity contribution in [2.75, 3.05) is 36.0 Å². The van der Waals surface area contributed by atoms with Gasteiger partial charge in [0.1, 0.15) is 17.3 Å². The minimum absolute atomic E-state index is 0.615. The third kappa shape index (κ3) is 3.67. The smallest absolute Gasteiger partial charge is 0.191 e. The van der Waals surface area contributed by atoms with Gasteiger partial charge in [0.15, 0.2) is 11.5 Å². The summed E-state index contributed by atoms with van der Waals surface area (Å²) in [4.78, 5) is 9.24. The molecule has 0 amide bonds. The highest BCUT2D eigenvalue weighted by Gasteiger charge is 2.23. The average molecular weight is 489 g/mol. The van der Waals surface area contributed by atoms with Crippen LogP contribution in [0.4, 0.5) is 11.5 Å². The molecule has 0 bridgehead atoms. The highest BCUT2D eigenvalue weighted by atomic mass is 16.5. The fourth-order valence-corrected chi connectivity index (χ4v) is 5.04. The summed E-state index contributed by atoms with van der Waals surface area (Å²) in [6.07, 6.45) is 3.71. The lowest BCUT2D eigenvalue weighted by atomic mass is 10.1. The van der Waals surface area contributed by atoms with Crippen LogP contribution in [0.3, 0.4) is 0 Å². The van der Waals surface area contributed by atoms with E-state index in [1.807, 2.05) is 61.8 Å². The summed E-state index contributed by atoms with van der Waals surface area (Å²) in [7, 11) is 0. The number of piperazine rings is 1. The number of pyridine rings is 1. The number of hydrogen-bond donors (Lipinski definition) is 0. The lowest BCUT2D eigenvalue weighted by Gasteiger charge is -2.36. The number of rotatable bonds is 4. The van der Waals surface area contributed by atoms with Crippen molar-refractivity contribution in [3.63, 3.8) is 0 Å². The van der Waals surface area contributed by atoms with Crippen LogP contribution in [0, 0.1) is 6.92 Å². The van der Waals surface area contributed by atoms with Gasteiger partial charge < -0.3 is 14.3 Å². The zero-order valence-corrected chi connectivity index (χ0v) is 20.3. The summed E-state index contributed by atoms with van der Waals surface area (Å²) < 4.78 is 7.36. The molecule has 0 saturated carbocycles. The van der Waals surface area contributed by atoms with Gasteiger partial charge in [-0.3, -0.25) is 0 Å². The van der Waals surface area contributed by atoms with Gasteiger partial charge in [0.2, 0.25) is 0 Å². The highest BCUT2D eigenvalue weighted by Crippen LogP contribution is 2.34. The molecule has 0 N–H and O–H groups in total. The summed E-state index contributed by atoms with van der Waals surface area (Å²) in [5.74, 6) is 2.32. The Bertz CT molecular complexity index is 1700. The molecule has 0 unspecified atom stereocenters. The molecular formula is C28H24N8O. The van der Waals surface area contributed by atoms with Crippen molar-refractivity contribution in [3.05, 3.63) is 84.9 Å². The Morgan fingerprint density at radius 3 is 2.46 bits per heavy atom. The molecule has 37 heavy (non-hydrogen) atoms. The van der Waals surface area contributed by atoms with Crippen LogP contribution in [0.1, 0.15) is 5.76 Å². The maximum absolute atomic E-state index is 5.58. The van der Waals surface area contributed by atoms with E-state index in [1.165, 1.54) is 0 Å². The molecule has 7 rings (SSSR count). The van der Waals surface area contributed by atoms with Crippen LogP contribution in [0.2, 0.25) is 0 Å². The van der Waals surface area contributed by atoms with E-state index in [1.54, 1.807) is 4.52 Å². The van der Waals surface area contributed by atoms with Crippen molar-refractivity contribution >= 4 is 27.9 Å². The normalized spacial score (nSPS) is 14.1. The second-order valence-corrected chi connectivity index (χ2v) is 9.17. The molecule has 1 saturated heterocycles. The van der Waals surface area contributed by atoms with Gasteiger partial charge >= 0.3 is 0 Å². The van der Waals surface area contributed by atoms with Crippen molar-refractivity contribution in [1.29, 1.82) is 0 Å². The predicted octanol–water partition coefficient (Wildman–Crippen LogP) is 4.63. The van der Waals surface area contributed by atoms with Gasteiger partial charge in [-0.15, -0.1) is 10.2 Å². The Hall–Kier alpha value is -4.79. The first-order chi connectivity index (χ1) is 18.3. The first-order valence-corrected chi connectivity index (χ1v) is 12.3. The second kappa shape index (κ2) is 8.70. The molecule has 9 heteroatoms. The minimum Gasteiger partial charge on any atom is -0.368 e. The predicted molar refractivity (Wildman–Crippen MR) is 143 cm³/mol. The molecule has 9 nitrogen and oxygen atoms in total. The van der Waals surface area contributed by atoms with Crippen molar-refractivity contribution in [2.45, 2.75) is 6.92 Å². The van der Waals surface area contributed by atoms with Crippen LogP contribution in [-0.4, -0.2) is 56.1 Å². The maximum Gasteiger partial charge on any atom is 0.191 e. The zero-order valence-electron chi connectivity index (χ0n) is 20.3. The molecule has 182 valence electrons. The molecule has 5 heterocycles. The summed E-state index contributed by atoms with van der Waals surface area (Å²) in [5.41, 5.74) is 4.36. The largest absolute Gasteiger partial charge is 0.368 e. The van der Waals surface area contributed by atoms with Crippen molar-refractivity contribution in [1.82, 2.24) is 30.0 Å². The van der Waals surface area contributed by atoms with Crippen LogP contribution >= 0.6 is 0 Å². The number of aryl methyl sites for hydroxylation is 1. The van der Waals surface area contributed by atoms with E-state index in [0.29, 0.717) is 17.2 Å². The Morgan fingerprint density at radius 2 is 1.65 bits per heavy atom. The number of fused-ring (bicyclic) bond motifs is 3. The van der Waals surface area contributed by atoms with Crippen LogP contribution in [0.25, 0.3) is 39.1 Å². The second-order valence-electron chi connectivity index (χ2n) is 9.17. The van der Waals surface area contributed by atoms with Gasteiger partial charge in [-0.25, -0.2) is 4.98 Å². The van der Waals surface area contributed by atoms with E-state index >= 15 is 0 Å². The molecule has 1 fully saturated rings. The summed E-state index contributed by atoms with van der Waals surface area (Å²) >= 11 is 0. The average Bonchev–Trinajstić information content (AvgIpc) is 3.57. The molecule has 1 aliphatic heterocycles. The molecule has 0 spiro atoms. The molecule has 0 atom stereocenters. The number of nitrogens with zero attached hydrogens (tertiary/aromatic N) is 8. The van der Waals surface area contributed by atoms with Gasteiger partial charge in [0.25, 0.3) is 0 Å². The monoisotopic (exact) mass is 488 g/mol. The van der Waals surface area contributed by atoms with E-state index in [9.17, 15) is 0 Å². The molecule has 1 aliphatic rings. The first kappa shape index (κ1) is 21.5. The van der Waals surface area contributed by atoms with Crippen molar-refractivity contribution in [3.8, 4) is 22.6 Å². The van der Waals surface area contributed by atoms with E-state index in [2.05, 4.69) is 59.5 Å². The maximum atomic E-state index is 5.58. The molecule has 0 radical (unpaired) electrons. The fraction of sp³-hybridized carbons (Fsp3) is 0.179. The van der Waals surface area contributed by atoms with Gasteiger partial charge in [-0.05, 0) is 31.2 Å². The van der Waals surface area contributed by atoms with Crippen LogP contribution in [0.15, 0.2) is 83.6 Å². The SMILES string of the molecule is Cc1onc(-c2ccccc2)c1-c1nnc2c3cc(N4CCN(c5ccccn5)CC4)ccc3cnn12. The third-order valence-electron chi connectivity index (χ3n) is 6.98. The topological polar surface area (TPSA) is 88.5 Å². The standard InChI is InChI=1S/C28H24N8O/c1-19-25(26(33-37-19)20-7-3-2-4-8-20)28-32-31-27-23-17-22(11-10-21(23)18-30-36(27)28)34-13-15-35(16-14-34)24-9-5-6-12-29-24/h2-12,17-18H,13-16H2,1H3. The van der Waals surface area contributed by atoms with E-state index in [-0.39, 0.29) is 0 Å². The number of anilines is 2. The number of aromatic nitrogens is 6. The quantitative estimate of drug-likeness (QED) is 0.355. The Labute approximate surface area is 213 Å². The van der Waals surface area contributed by atoms with Crippen LogP contribution in [-0.2, 0) is 0 Å². The molecule has 4 aromatic heterocycles. The van der Waals surface area contributed by atoms with E-state index < -0.39 is 0 Å². The lowest BCUT2D eigenvalue weighted by Crippen LogP contribution is -2.46. The van der Waals surface area contributed by atoms with Gasteiger partial charge in [-0.1, -0.05) is 47.6 Å². The fourth-order valence-electron chi connectivity index (χ4n) is 5.04. The summed E-state index contributed by atoms with van der Waals surface area (Å²) in [6, 6.07) is 22.5. The van der Waals surface area contributed by atoms with Gasteiger partial charge in [0, 0.05) is 54.4 Å². The number of hydrogen-bond acceptors (Lipinski definition) is 8. The molecule has 2 aromatic carbocycles. The highest BCUT2D eigenvalue weighted by molar-refractivity contribution is 5.96. The van der Waals surface area contributed by atoms with Gasteiger partial charge in [-0.2, -0.15) is 9.61 Å². The van der Waals surface area contributed by atoms with E-state index in [0.717, 1.165) is 65.3 Å².